The summed E-state index contributed by atoms with van der Waals surface area (Å²) < 4.78 is 10.6. The first-order chi connectivity index (χ1) is 11.6. The number of guanidine groups is 1. The van der Waals surface area contributed by atoms with E-state index >= 15 is 0 Å². The molecular weight excluding hydrogens is 433 g/mol. The average molecular weight is 461 g/mol. The zero-order chi connectivity index (χ0) is 17.4. The van der Waals surface area contributed by atoms with Crippen LogP contribution in [0.1, 0.15) is 30.4 Å². The molecule has 1 aliphatic carbocycles. The first kappa shape index (κ1) is 21.5. The Bertz CT molecular complexity index is 589. The van der Waals surface area contributed by atoms with Gasteiger partial charge in [0.05, 0.1) is 20.1 Å². The van der Waals surface area contributed by atoms with Gasteiger partial charge < -0.3 is 20.1 Å². The number of benzene rings is 1. The number of nitrogens with zero attached hydrogens (tertiary/aromatic N) is 1. The van der Waals surface area contributed by atoms with Crippen LogP contribution < -0.4 is 15.4 Å². The van der Waals surface area contributed by atoms with E-state index in [0.717, 1.165) is 23.8 Å². The number of hydrogen-bond acceptors (Lipinski definition) is 4. The Hall–Kier alpha value is -1.51. The first-order valence-electron chi connectivity index (χ1n) is 8.36. The van der Waals surface area contributed by atoms with Crippen LogP contribution in [0.3, 0.4) is 0 Å². The van der Waals surface area contributed by atoms with Gasteiger partial charge in [0.1, 0.15) is 5.75 Å². The van der Waals surface area contributed by atoms with E-state index in [0.29, 0.717) is 25.5 Å². The predicted octanol–water partition coefficient (Wildman–Crippen LogP) is 2.63. The summed E-state index contributed by atoms with van der Waals surface area (Å²) in [4.78, 5) is 15.3. The Labute approximate surface area is 166 Å². The maximum atomic E-state index is 11.1. The third kappa shape index (κ3) is 7.94. The minimum absolute atomic E-state index is 0. The van der Waals surface area contributed by atoms with Crippen LogP contribution in [0.2, 0.25) is 0 Å². The first-order valence-corrected chi connectivity index (χ1v) is 8.36. The third-order valence-electron chi connectivity index (χ3n) is 3.91. The van der Waals surface area contributed by atoms with Crippen molar-refractivity contribution in [1.82, 2.24) is 10.6 Å². The van der Waals surface area contributed by atoms with Gasteiger partial charge in [-0.3, -0.25) is 9.79 Å². The summed E-state index contributed by atoms with van der Waals surface area (Å²) >= 11 is 0. The van der Waals surface area contributed by atoms with Gasteiger partial charge in [-0.05, 0) is 37.3 Å². The van der Waals surface area contributed by atoms with Crippen LogP contribution in [0.25, 0.3) is 0 Å². The highest BCUT2D eigenvalue weighted by molar-refractivity contribution is 14.0. The molecule has 0 bridgehead atoms. The molecule has 2 rings (SSSR count). The number of aryl methyl sites for hydroxylation is 1. The monoisotopic (exact) mass is 461 g/mol. The lowest BCUT2D eigenvalue weighted by atomic mass is 10.1. The summed E-state index contributed by atoms with van der Waals surface area (Å²) in [7, 11) is 3.09. The van der Waals surface area contributed by atoms with Crippen LogP contribution in [0.5, 0.6) is 5.75 Å². The number of methoxy groups -OCH3 is 1. The minimum Gasteiger partial charge on any atom is -0.493 e. The van der Waals surface area contributed by atoms with Gasteiger partial charge in [-0.1, -0.05) is 12.1 Å². The van der Waals surface area contributed by atoms with Gasteiger partial charge in [0.2, 0.25) is 0 Å². The van der Waals surface area contributed by atoms with E-state index in [2.05, 4.69) is 45.5 Å². The highest BCUT2D eigenvalue weighted by Gasteiger charge is 2.22. The molecule has 0 spiro atoms. The van der Waals surface area contributed by atoms with Gasteiger partial charge in [0.25, 0.3) is 0 Å². The molecule has 140 valence electrons. The molecule has 1 fully saturated rings. The van der Waals surface area contributed by atoms with E-state index in [4.69, 9.17) is 4.74 Å². The lowest BCUT2D eigenvalue weighted by Gasteiger charge is -2.15. The molecule has 7 heteroatoms. The molecule has 0 aliphatic heterocycles. The Kier molecular flexibility index (Phi) is 9.62. The van der Waals surface area contributed by atoms with E-state index in [-0.39, 0.29) is 29.9 Å². The quantitative estimate of drug-likeness (QED) is 0.270. The van der Waals surface area contributed by atoms with Crippen molar-refractivity contribution in [2.24, 2.45) is 10.9 Å². The Morgan fingerprint density at radius 3 is 2.72 bits per heavy atom. The van der Waals surface area contributed by atoms with Gasteiger partial charge in [0.15, 0.2) is 5.96 Å². The number of carbonyl (C=O) groups excluding carboxylic acids is 1. The van der Waals surface area contributed by atoms with E-state index < -0.39 is 0 Å². The van der Waals surface area contributed by atoms with Crippen LogP contribution in [-0.4, -0.2) is 39.2 Å². The minimum atomic E-state index is -0.243. The fourth-order valence-corrected chi connectivity index (χ4v) is 2.22. The second-order valence-corrected chi connectivity index (χ2v) is 6.04. The number of hydrogen-bond donors (Lipinski definition) is 2. The second kappa shape index (κ2) is 11.2. The van der Waals surface area contributed by atoms with Crippen LogP contribution >= 0.6 is 24.0 Å². The standard InChI is InChI=1S/C18H27N3O3.HI/c1-13-4-7-15(16(10-13)24-12-14-5-6-14)11-21-18(19-2)20-9-8-17(22)23-3;/h4,7,10,14H,5-6,8-9,11-12H2,1-3H3,(H2,19,20,21);1H. The number of ether oxygens (including phenoxy) is 2. The van der Waals surface area contributed by atoms with Gasteiger partial charge in [0, 0.05) is 25.7 Å². The Balaban J connectivity index is 0.00000312. The average Bonchev–Trinajstić information content (AvgIpc) is 3.41. The van der Waals surface area contributed by atoms with E-state index in [1.165, 1.54) is 25.5 Å². The highest BCUT2D eigenvalue weighted by Crippen LogP contribution is 2.30. The molecule has 0 atom stereocenters. The number of aliphatic imine (C=N–C) groups is 1. The molecule has 25 heavy (non-hydrogen) atoms. The van der Waals surface area contributed by atoms with E-state index in [9.17, 15) is 4.79 Å². The van der Waals surface area contributed by atoms with Crippen molar-refractivity contribution in [1.29, 1.82) is 0 Å². The molecule has 6 nitrogen and oxygen atoms in total. The normalized spacial score (nSPS) is 13.6. The smallest absolute Gasteiger partial charge is 0.307 e. The van der Waals surface area contributed by atoms with Crippen molar-refractivity contribution in [2.75, 3.05) is 27.3 Å². The molecule has 0 radical (unpaired) electrons. The maximum Gasteiger partial charge on any atom is 0.307 e. The summed E-state index contributed by atoms with van der Waals surface area (Å²) in [6.45, 7) is 3.94. The number of esters is 1. The van der Waals surface area contributed by atoms with Gasteiger partial charge in [-0.25, -0.2) is 0 Å². The zero-order valence-electron chi connectivity index (χ0n) is 15.1. The van der Waals surface area contributed by atoms with Gasteiger partial charge >= 0.3 is 5.97 Å². The molecule has 1 saturated carbocycles. The summed E-state index contributed by atoms with van der Waals surface area (Å²) in [6.07, 6.45) is 2.85. The van der Waals surface area contributed by atoms with Gasteiger partial charge in [-0.15, -0.1) is 24.0 Å². The lowest BCUT2D eigenvalue weighted by Crippen LogP contribution is -2.38. The summed E-state index contributed by atoms with van der Waals surface area (Å²) in [5.74, 6) is 2.05. The largest absolute Gasteiger partial charge is 0.493 e. The van der Waals surface area contributed by atoms with Crippen LogP contribution in [0.15, 0.2) is 23.2 Å². The molecular formula is C18H28IN3O3. The fraction of sp³-hybridized carbons (Fsp3) is 0.556. The molecule has 0 saturated heterocycles. The fourth-order valence-electron chi connectivity index (χ4n) is 2.22. The Morgan fingerprint density at radius 2 is 2.08 bits per heavy atom. The topological polar surface area (TPSA) is 72.0 Å². The van der Waals surface area contributed by atoms with Crippen molar-refractivity contribution in [3.63, 3.8) is 0 Å². The number of carbonyl (C=O) groups is 1. The van der Waals surface area contributed by atoms with Crippen molar-refractivity contribution < 1.29 is 14.3 Å². The third-order valence-corrected chi connectivity index (χ3v) is 3.91. The summed E-state index contributed by atoms with van der Waals surface area (Å²) in [5, 5.41) is 6.34. The molecule has 1 aromatic carbocycles. The van der Waals surface area contributed by atoms with Crippen molar-refractivity contribution >= 4 is 35.9 Å². The molecule has 0 aromatic heterocycles. The molecule has 0 heterocycles. The van der Waals surface area contributed by atoms with E-state index in [1.807, 2.05) is 0 Å². The summed E-state index contributed by atoms with van der Waals surface area (Å²) in [5.41, 5.74) is 2.28. The number of halogens is 1. The van der Waals surface area contributed by atoms with Crippen LogP contribution in [0.4, 0.5) is 0 Å². The lowest BCUT2D eigenvalue weighted by molar-refractivity contribution is -0.140. The summed E-state index contributed by atoms with van der Waals surface area (Å²) in [6, 6.07) is 6.23. The number of rotatable bonds is 8. The number of nitrogens with one attached hydrogen (secondary N) is 2. The van der Waals surface area contributed by atoms with E-state index in [1.54, 1.807) is 7.05 Å². The molecule has 0 unspecified atom stereocenters. The highest BCUT2D eigenvalue weighted by atomic mass is 127. The van der Waals surface area contributed by atoms with Crippen molar-refractivity contribution in [3.05, 3.63) is 29.3 Å². The van der Waals surface area contributed by atoms with Gasteiger partial charge in [-0.2, -0.15) is 0 Å². The Morgan fingerprint density at radius 1 is 1.32 bits per heavy atom. The SMILES string of the molecule is CN=C(NCCC(=O)OC)NCc1ccc(C)cc1OCC1CC1.I. The molecule has 0 amide bonds. The van der Waals surface area contributed by atoms with Crippen molar-refractivity contribution in [2.45, 2.75) is 32.7 Å². The second-order valence-electron chi connectivity index (χ2n) is 6.04. The molecule has 1 aliphatic rings. The van der Waals surface area contributed by atoms with Crippen LogP contribution in [0, 0.1) is 12.8 Å². The predicted molar refractivity (Wildman–Crippen MR) is 110 cm³/mol. The van der Waals surface area contributed by atoms with Crippen LogP contribution in [-0.2, 0) is 16.1 Å². The maximum absolute atomic E-state index is 11.1. The molecule has 1 aromatic rings. The van der Waals surface area contributed by atoms with Crippen molar-refractivity contribution in [3.8, 4) is 5.75 Å². The molecule has 2 N–H and O–H groups in total. The zero-order valence-corrected chi connectivity index (χ0v) is 17.5.